The van der Waals surface area contributed by atoms with Gasteiger partial charge in [-0.25, -0.2) is 8.42 Å². The van der Waals surface area contributed by atoms with Crippen molar-refractivity contribution in [2.75, 3.05) is 40.4 Å². The van der Waals surface area contributed by atoms with Gasteiger partial charge in [-0.15, -0.1) is 0 Å². The van der Waals surface area contributed by atoms with Crippen molar-refractivity contribution in [3.05, 3.63) is 53.6 Å². The largest absolute Gasteiger partial charge is 0.497 e. The molecule has 0 radical (unpaired) electrons. The number of benzene rings is 2. The zero-order chi connectivity index (χ0) is 25.6. The molecule has 1 N–H and O–H groups in total. The van der Waals surface area contributed by atoms with Crippen molar-refractivity contribution in [1.29, 1.82) is 0 Å². The van der Waals surface area contributed by atoms with Crippen LogP contribution in [0.4, 0.5) is 0 Å². The summed E-state index contributed by atoms with van der Waals surface area (Å²) in [5.74, 6) is 7.19. The number of likely N-dealkylation sites (N-methyl/N-ethyl adjacent to an activating group) is 1. The van der Waals surface area contributed by atoms with Gasteiger partial charge in [-0.3, -0.25) is 0 Å². The average molecular weight is 501 g/mol. The van der Waals surface area contributed by atoms with Gasteiger partial charge in [0.05, 0.1) is 13.7 Å². The van der Waals surface area contributed by atoms with Crippen LogP contribution in [0.1, 0.15) is 38.3 Å². The summed E-state index contributed by atoms with van der Waals surface area (Å²) in [5.41, 5.74) is 1.48. The van der Waals surface area contributed by atoms with Crippen molar-refractivity contribution in [3.8, 4) is 23.3 Å². The maximum atomic E-state index is 13.6. The molecule has 0 spiro atoms. The first-order chi connectivity index (χ1) is 16.7. The average Bonchev–Trinajstić information content (AvgIpc) is 2.84. The van der Waals surface area contributed by atoms with Gasteiger partial charge in [0.25, 0.3) is 0 Å². The highest BCUT2D eigenvalue weighted by Crippen LogP contribution is 2.34. The first kappa shape index (κ1) is 27.0. The minimum Gasteiger partial charge on any atom is -0.497 e. The number of methoxy groups -OCH3 is 1. The van der Waals surface area contributed by atoms with E-state index in [-0.39, 0.29) is 30.1 Å². The van der Waals surface area contributed by atoms with Crippen LogP contribution in [0.15, 0.2) is 47.4 Å². The van der Waals surface area contributed by atoms with Crippen molar-refractivity contribution >= 4 is 10.0 Å². The summed E-state index contributed by atoms with van der Waals surface area (Å²) in [7, 11) is -0.211. The zero-order valence-electron chi connectivity index (χ0n) is 21.2. The van der Waals surface area contributed by atoms with Gasteiger partial charge in [-0.05, 0) is 69.4 Å². The summed E-state index contributed by atoms with van der Waals surface area (Å²) in [5, 5.41) is 9.78. The van der Waals surface area contributed by atoms with Crippen LogP contribution >= 0.6 is 0 Å². The Morgan fingerprint density at radius 2 is 1.86 bits per heavy atom. The van der Waals surface area contributed by atoms with Gasteiger partial charge >= 0.3 is 0 Å². The lowest BCUT2D eigenvalue weighted by Gasteiger charge is -2.37. The predicted molar refractivity (Wildman–Crippen MR) is 137 cm³/mol. The fourth-order valence-corrected chi connectivity index (χ4v) is 5.95. The SMILES string of the molecule is CCCN(C)C[C@H]1Oc2cc(C#Cc3ccc(OC)cc3)ccc2S(=O)(=O)N([C@@H](C)CO)C[C@H]1C. The molecular weight excluding hydrogens is 464 g/mol. The Balaban J connectivity index is 2.03. The van der Waals surface area contributed by atoms with E-state index >= 15 is 0 Å². The Kier molecular flexibility index (Phi) is 9.20. The van der Waals surface area contributed by atoms with Gasteiger partial charge in [-0.1, -0.05) is 25.7 Å². The second-order valence-corrected chi connectivity index (χ2v) is 11.0. The van der Waals surface area contributed by atoms with Gasteiger partial charge in [0, 0.05) is 36.2 Å². The molecule has 0 aromatic heterocycles. The van der Waals surface area contributed by atoms with E-state index in [0.29, 0.717) is 17.9 Å². The van der Waals surface area contributed by atoms with E-state index in [0.717, 1.165) is 24.3 Å². The summed E-state index contributed by atoms with van der Waals surface area (Å²) < 4.78 is 40.1. The number of fused-ring (bicyclic) bond motifs is 1. The molecule has 0 unspecified atom stereocenters. The minimum absolute atomic E-state index is 0.0831. The van der Waals surface area contributed by atoms with Crippen molar-refractivity contribution in [3.63, 3.8) is 0 Å². The Labute approximate surface area is 209 Å². The number of sulfonamides is 1. The van der Waals surface area contributed by atoms with E-state index in [4.69, 9.17) is 9.47 Å². The van der Waals surface area contributed by atoms with Gasteiger partial charge < -0.3 is 19.5 Å². The molecule has 3 rings (SSSR count). The highest BCUT2D eigenvalue weighted by Gasteiger charge is 2.38. The van der Waals surface area contributed by atoms with Crippen LogP contribution in [0.3, 0.4) is 0 Å². The van der Waals surface area contributed by atoms with E-state index in [1.807, 2.05) is 38.2 Å². The standard InChI is InChI=1S/C27H36N2O5S/c1-6-15-28(4)18-26-20(2)17-29(21(3)19-30)35(31,32)27-14-11-23(16-25(27)34-26)8-7-22-9-12-24(33-5)13-10-22/h9-14,16,20-21,26,30H,6,15,17-19H2,1-5H3/t20-,21+,26-/m1/s1. The van der Waals surface area contributed by atoms with E-state index in [1.165, 1.54) is 4.31 Å². The van der Waals surface area contributed by atoms with Crippen LogP contribution < -0.4 is 9.47 Å². The van der Waals surface area contributed by atoms with Gasteiger partial charge in [0.15, 0.2) is 0 Å². The molecule has 1 aliphatic rings. The molecule has 35 heavy (non-hydrogen) atoms. The van der Waals surface area contributed by atoms with E-state index in [9.17, 15) is 13.5 Å². The summed E-state index contributed by atoms with van der Waals surface area (Å²) in [6.45, 7) is 7.44. The highest BCUT2D eigenvalue weighted by atomic mass is 32.2. The first-order valence-corrected chi connectivity index (χ1v) is 13.4. The third-order valence-electron chi connectivity index (χ3n) is 6.21. The van der Waals surface area contributed by atoms with Gasteiger partial charge in [0.1, 0.15) is 22.5 Å². The molecule has 0 amide bonds. The highest BCUT2D eigenvalue weighted by molar-refractivity contribution is 7.89. The Morgan fingerprint density at radius 3 is 2.49 bits per heavy atom. The molecule has 0 fully saturated rings. The van der Waals surface area contributed by atoms with Crippen molar-refractivity contribution in [1.82, 2.24) is 9.21 Å². The molecule has 0 bridgehead atoms. The van der Waals surface area contributed by atoms with Crippen LogP contribution in [-0.4, -0.2) is 75.3 Å². The van der Waals surface area contributed by atoms with E-state index in [2.05, 4.69) is 23.7 Å². The summed E-state index contributed by atoms with van der Waals surface area (Å²) in [6.07, 6.45) is 0.792. The molecule has 1 aliphatic heterocycles. The van der Waals surface area contributed by atoms with Crippen LogP contribution in [0.2, 0.25) is 0 Å². The first-order valence-electron chi connectivity index (χ1n) is 12.0. The Morgan fingerprint density at radius 1 is 1.20 bits per heavy atom. The number of hydrogen-bond acceptors (Lipinski definition) is 6. The molecule has 8 heteroatoms. The van der Waals surface area contributed by atoms with Crippen LogP contribution in [0.5, 0.6) is 11.5 Å². The second-order valence-electron chi connectivity index (χ2n) is 9.14. The minimum atomic E-state index is -3.87. The molecule has 2 aromatic carbocycles. The maximum absolute atomic E-state index is 13.6. The van der Waals surface area contributed by atoms with Gasteiger partial charge in [0.2, 0.25) is 10.0 Å². The second kappa shape index (κ2) is 11.9. The third kappa shape index (κ3) is 6.56. The number of nitrogens with zero attached hydrogens (tertiary/aromatic N) is 2. The topological polar surface area (TPSA) is 79.3 Å². The number of hydrogen-bond donors (Lipinski definition) is 1. The van der Waals surface area contributed by atoms with Crippen LogP contribution in [0, 0.1) is 17.8 Å². The quantitative estimate of drug-likeness (QED) is 0.589. The third-order valence-corrected chi connectivity index (χ3v) is 8.22. The lowest BCUT2D eigenvalue weighted by molar-refractivity contribution is 0.0752. The normalized spacial score (nSPS) is 20.5. The zero-order valence-corrected chi connectivity index (χ0v) is 22.0. The number of ether oxygens (including phenoxy) is 2. The lowest BCUT2D eigenvalue weighted by Crippen LogP contribution is -2.49. The van der Waals surface area contributed by atoms with Crippen molar-refractivity contribution in [2.45, 2.75) is 44.2 Å². The van der Waals surface area contributed by atoms with Crippen LogP contribution in [0.25, 0.3) is 0 Å². The monoisotopic (exact) mass is 500 g/mol. The molecule has 7 nitrogen and oxygen atoms in total. The molecule has 0 aliphatic carbocycles. The van der Waals surface area contributed by atoms with Crippen molar-refractivity contribution < 1.29 is 23.0 Å². The summed E-state index contributed by atoms with van der Waals surface area (Å²) in [4.78, 5) is 2.30. The summed E-state index contributed by atoms with van der Waals surface area (Å²) in [6, 6.07) is 11.8. The Bertz CT molecular complexity index is 1150. The molecule has 3 atom stereocenters. The van der Waals surface area contributed by atoms with E-state index in [1.54, 1.807) is 32.2 Å². The molecule has 190 valence electrons. The molecule has 1 heterocycles. The molecule has 2 aromatic rings. The fraction of sp³-hybridized carbons (Fsp3) is 0.481. The fourth-order valence-electron chi connectivity index (χ4n) is 4.12. The van der Waals surface area contributed by atoms with Gasteiger partial charge in [-0.2, -0.15) is 4.31 Å². The Hall–Kier alpha value is -2.57. The molecule has 0 saturated heterocycles. The van der Waals surface area contributed by atoms with Crippen molar-refractivity contribution in [2.24, 2.45) is 5.92 Å². The predicted octanol–water partition coefficient (Wildman–Crippen LogP) is 3.21. The molecular formula is C27H36N2O5S. The lowest BCUT2D eigenvalue weighted by atomic mass is 10.0. The maximum Gasteiger partial charge on any atom is 0.247 e. The van der Waals surface area contributed by atoms with E-state index < -0.39 is 16.1 Å². The number of aliphatic hydroxyl groups is 1. The number of aliphatic hydroxyl groups excluding tert-OH is 1. The number of rotatable bonds is 7. The van der Waals surface area contributed by atoms with Crippen LogP contribution in [-0.2, 0) is 10.0 Å². The summed E-state index contributed by atoms with van der Waals surface area (Å²) >= 11 is 0. The smallest absolute Gasteiger partial charge is 0.247 e. The molecule has 0 saturated carbocycles.